The first-order chi connectivity index (χ1) is 26.1. The molecule has 55 heavy (non-hydrogen) atoms. The van der Waals surface area contributed by atoms with Gasteiger partial charge in [0.15, 0.2) is 0 Å². The highest BCUT2D eigenvalue weighted by Crippen LogP contribution is 2.30. The number of hydrogen-bond donors (Lipinski definition) is 3. The highest BCUT2D eigenvalue weighted by atomic mass is 32.2. The predicted octanol–water partition coefficient (Wildman–Crippen LogP) is 7.40. The fourth-order valence-electron chi connectivity index (χ4n) is 6.82. The number of unbranched alkanes of at least 4 members (excludes halogenated alkanes) is 8. The van der Waals surface area contributed by atoms with Crippen molar-refractivity contribution in [2.45, 2.75) is 141 Å². The predicted molar refractivity (Wildman–Crippen MR) is 217 cm³/mol. The number of aliphatic hydroxyl groups excluding tert-OH is 1. The van der Waals surface area contributed by atoms with Crippen molar-refractivity contribution in [3.05, 3.63) is 70.9 Å². The summed E-state index contributed by atoms with van der Waals surface area (Å²) in [6.45, 7) is 11.6. The molecule has 1 aliphatic rings. The van der Waals surface area contributed by atoms with Gasteiger partial charge in [-0.2, -0.15) is 8.42 Å². The zero-order chi connectivity index (χ0) is 40.2. The first-order valence-corrected chi connectivity index (χ1v) is 21.9. The maximum atomic E-state index is 14.0. The number of nitrogens with zero attached hydrogens (tertiary/aromatic N) is 2. The second kappa shape index (κ2) is 20.5. The van der Waals surface area contributed by atoms with Crippen molar-refractivity contribution in [1.29, 1.82) is 0 Å². The lowest BCUT2D eigenvalue weighted by Crippen LogP contribution is -2.57. The lowest BCUT2D eigenvalue weighted by atomic mass is 9.85. The monoisotopic (exact) mass is 796 g/mol. The summed E-state index contributed by atoms with van der Waals surface area (Å²) in [6, 6.07) is 12.6. The van der Waals surface area contributed by atoms with Gasteiger partial charge >= 0.3 is 0 Å². The molecule has 3 amide bonds. The van der Waals surface area contributed by atoms with Crippen molar-refractivity contribution >= 4 is 39.2 Å². The van der Waals surface area contributed by atoms with E-state index < -0.39 is 33.7 Å². The fraction of sp³-hybridized carbons (Fsp3) is 0.571. The highest BCUT2D eigenvalue weighted by Gasteiger charge is 2.44. The van der Waals surface area contributed by atoms with Gasteiger partial charge in [-0.05, 0) is 62.3 Å². The van der Waals surface area contributed by atoms with E-state index in [1.54, 1.807) is 35.6 Å². The van der Waals surface area contributed by atoms with Gasteiger partial charge in [0, 0.05) is 19.4 Å². The fourth-order valence-corrected chi connectivity index (χ4v) is 8.57. The Morgan fingerprint density at radius 2 is 1.51 bits per heavy atom. The number of nitrogens with one attached hydrogen (secondary N) is 2. The average Bonchev–Trinajstić information content (AvgIpc) is 3.75. The van der Waals surface area contributed by atoms with Crippen LogP contribution in [0.25, 0.3) is 10.4 Å². The molecule has 13 heteroatoms. The average molecular weight is 797 g/mol. The summed E-state index contributed by atoms with van der Waals surface area (Å²) >= 11 is 1.58. The van der Waals surface area contributed by atoms with Gasteiger partial charge in [0.05, 0.1) is 39.7 Å². The molecule has 1 saturated heterocycles. The minimum atomic E-state index is -3.71. The molecule has 2 aromatic carbocycles. The summed E-state index contributed by atoms with van der Waals surface area (Å²) in [4.78, 5) is 47.7. The van der Waals surface area contributed by atoms with E-state index in [1.807, 2.05) is 71.3 Å². The number of hydrogen-bond acceptors (Lipinski definition) is 9. The Hall–Kier alpha value is -3.65. The molecule has 0 spiro atoms. The molecule has 0 unspecified atom stereocenters. The molecule has 1 aromatic heterocycles. The van der Waals surface area contributed by atoms with E-state index >= 15 is 0 Å². The van der Waals surface area contributed by atoms with E-state index in [2.05, 4.69) is 15.6 Å². The van der Waals surface area contributed by atoms with Crippen LogP contribution >= 0.6 is 11.3 Å². The third-order valence-corrected chi connectivity index (χ3v) is 12.5. The molecule has 4 rings (SSSR count). The Balaban J connectivity index is 1.15. The first kappa shape index (κ1) is 44.1. The molecule has 3 N–H and O–H groups in total. The number of likely N-dealkylation sites (tertiary alicyclic amines) is 1. The van der Waals surface area contributed by atoms with Gasteiger partial charge in [-0.25, -0.2) is 4.98 Å². The zero-order valence-corrected chi connectivity index (χ0v) is 34.9. The Morgan fingerprint density at radius 1 is 0.909 bits per heavy atom. The normalized spacial score (nSPS) is 17.2. The number of thiazole rings is 1. The highest BCUT2D eigenvalue weighted by molar-refractivity contribution is 7.86. The second-order valence-electron chi connectivity index (χ2n) is 15.9. The van der Waals surface area contributed by atoms with E-state index in [4.69, 9.17) is 4.18 Å². The van der Waals surface area contributed by atoms with Gasteiger partial charge in [-0.15, -0.1) is 11.3 Å². The first-order valence-electron chi connectivity index (χ1n) is 19.6. The lowest BCUT2D eigenvalue weighted by molar-refractivity contribution is -0.144. The molecule has 302 valence electrons. The minimum absolute atomic E-state index is 0.0281. The van der Waals surface area contributed by atoms with Crippen LogP contribution in [0.3, 0.4) is 0 Å². The van der Waals surface area contributed by atoms with E-state index in [0.717, 1.165) is 72.2 Å². The summed E-state index contributed by atoms with van der Waals surface area (Å²) < 4.78 is 29.8. The number of aliphatic hydroxyl groups is 1. The molecule has 1 aliphatic heterocycles. The van der Waals surface area contributed by atoms with Crippen LogP contribution < -0.4 is 10.6 Å². The van der Waals surface area contributed by atoms with Crippen molar-refractivity contribution in [2.75, 3.05) is 13.2 Å². The van der Waals surface area contributed by atoms with Crippen molar-refractivity contribution in [3.8, 4) is 10.4 Å². The minimum Gasteiger partial charge on any atom is -0.391 e. The Kier molecular flexibility index (Phi) is 16.4. The van der Waals surface area contributed by atoms with Gasteiger partial charge in [0.1, 0.15) is 12.1 Å². The molecule has 0 bridgehead atoms. The summed E-state index contributed by atoms with van der Waals surface area (Å²) in [5.74, 6) is -0.905. The molecule has 0 saturated carbocycles. The van der Waals surface area contributed by atoms with E-state index in [-0.39, 0.29) is 48.2 Å². The standard InChI is InChI=1S/C42H60N4O7S2/c1-29-17-23-35(24-18-29)55(51,52)53-25-15-13-11-9-7-8-10-12-14-16-37(48)45-39(42(4,5)6)41(50)46-27-34(47)26-36(46)40(49)44-30(2)32-19-21-33(22-20-32)38-31(3)43-28-54-38/h17-24,28,30,34,36,39,47H,7-16,25-27H2,1-6H3,(H,44,49)(H,45,48)/t30-,34+,36-,39+/m0/s1. The smallest absolute Gasteiger partial charge is 0.296 e. The van der Waals surface area contributed by atoms with Crippen LogP contribution in [0, 0.1) is 19.3 Å². The number of aryl methyl sites for hydroxylation is 2. The third kappa shape index (κ3) is 13.2. The molecular weight excluding hydrogens is 737 g/mol. The molecule has 3 aromatic rings. The SMILES string of the molecule is Cc1ccc(S(=O)(=O)OCCCCCCCCCCCC(=O)N[C@H](C(=O)N2C[C@H](O)C[C@H]2C(=O)N[C@@H](C)c2ccc(-c3scnc3C)cc2)C(C)(C)C)cc1. The number of aromatic nitrogens is 1. The topological polar surface area (TPSA) is 155 Å². The number of β-amino-alcohol motifs (C(OH)–C–C–N with tert-alkyl or cyclic N) is 1. The molecule has 11 nitrogen and oxygen atoms in total. The Morgan fingerprint density at radius 3 is 2.09 bits per heavy atom. The number of benzene rings is 2. The van der Waals surface area contributed by atoms with Crippen LogP contribution in [0.4, 0.5) is 0 Å². The van der Waals surface area contributed by atoms with Gasteiger partial charge in [-0.1, -0.05) is 108 Å². The van der Waals surface area contributed by atoms with Crippen LogP contribution in [0.5, 0.6) is 0 Å². The van der Waals surface area contributed by atoms with Gasteiger partial charge < -0.3 is 20.6 Å². The number of amides is 3. The Bertz CT molecular complexity index is 1800. The van der Waals surface area contributed by atoms with Crippen LogP contribution in [0.2, 0.25) is 0 Å². The van der Waals surface area contributed by atoms with Gasteiger partial charge in [-0.3, -0.25) is 18.6 Å². The van der Waals surface area contributed by atoms with Crippen molar-refractivity contribution in [3.63, 3.8) is 0 Å². The molecule has 0 aliphatic carbocycles. The quantitative estimate of drug-likeness (QED) is 0.0790. The molecule has 1 fully saturated rings. The van der Waals surface area contributed by atoms with Crippen molar-refractivity contribution in [2.24, 2.45) is 5.41 Å². The number of carbonyl (C=O) groups is 3. The maximum absolute atomic E-state index is 14.0. The molecule has 4 atom stereocenters. The van der Waals surface area contributed by atoms with Crippen LogP contribution in [-0.2, 0) is 28.7 Å². The second-order valence-corrected chi connectivity index (χ2v) is 18.4. The zero-order valence-electron chi connectivity index (χ0n) is 33.3. The third-order valence-electron chi connectivity index (χ3n) is 10.2. The van der Waals surface area contributed by atoms with Crippen molar-refractivity contribution < 1.29 is 32.1 Å². The van der Waals surface area contributed by atoms with Gasteiger partial charge in [0.2, 0.25) is 17.7 Å². The van der Waals surface area contributed by atoms with E-state index in [9.17, 15) is 27.9 Å². The lowest BCUT2D eigenvalue weighted by Gasteiger charge is -2.35. The van der Waals surface area contributed by atoms with E-state index in [0.29, 0.717) is 19.3 Å². The number of carbonyl (C=O) groups excluding carboxylic acids is 3. The summed E-state index contributed by atoms with van der Waals surface area (Å²) in [6.07, 6.45) is 8.00. The molecular formula is C42H60N4O7S2. The summed E-state index contributed by atoms with van der Waals surface area (Å²) in [5.41, 5.74) is 5.15. The summed E-state index contributed by atoms with van der Waals surface area (Å²) in [7, 11) is -3.71. The maximum Gasteiger partial charge on any atom is 0.296 e. The molecule has 0 radical (unpaired) electrons. The Labute approximate surface area is 331 Å². The van der Waals surface area contributed by atoms with Crippen LogP contribution in [0.1, 0.15) is 121 Å². The van der Waals surface area contributed by atoms with Gasteiger partial charge in [0.25, 0.3) is 10.1 Å². The van der Waals surface area contributed by atoms with Crippen LogP contribution in [-0.4, -0.2) is 72.5 Å². The summed E-state index contributed by atoms with van der Waals surface area (Å²) in [5, 5.41) is 16.6. The largest absolute Gasteiger partial charge is 0.391 e. The van der Waals surface area contributed by atoms with E-state index in [1.165, 1.54) is 4.90 Å². The van der Waals surface area contributed by atoms with Crippen molar-refractivity contribution in [1.82, 2.24) is 20.5 Å². The molecule has 2 heterocycles. The van der Waals surface area contributed by atoms with Crippen LogP contribution in [0.15, 0.2) is 58.9 Å². The number of rotatable bonds is 20.